The second-order valence-electron chi connectivity index (χ2n) is 7.47. The van der Waals surface area contributed by atoms with Crippen molar-refractivity contribution in [1.29, 1.82) is 0 Å². The SMILES string of the molecule is Cc1cc(C)n(Cc2ccc(C(=O)N(Cc3cnn(C)c3)C3CC3)cc2)n1. The first-order chi connectivity index (χ1) is 13.0. The van der Waals surface area contributed by atoms with Gasteiger partial charge in [0.25, 0.3) is 5.91 Å². The standard InChI is InChI=1S/C21H25N5O/c1-15-10-16(2)26(23-15)14-17-4-6-19(7-5-17)21(27)25(20-8-9-20)13-18-11-22-24(3)12-18/h4-7,10-12,20H,8-9,13-14H2,1-3H3. The van der Waals surface area contributed by atoms with Crippen molar-refractivity contribution >= 4 is 5.91 Å². The Kier molecular flexibility index (Phi) is 4.56. The fraction of sp³-hybridized carbons (Fsp3) is 0.381. The molecule has 2 heterocycles. The number of hydrogen-bond acceptors (Lipinski definition) is 3. The number of nitrogens with zero attached hydrogens (tertiary/aromatic N) is 5. The molecule has 6 nitrogen and oxygen atoms in total. The average molecular weight is 363 g/mol. The van der Waals surface area contributed by atoms with Gasteiger partial charge in [0.05, 0.1) is 18.4 Å². The van der Waals surface area contributed by atoms with Crippen LogP contribution in [0.2, 0.25) is 0 Å². The summed E-state index contributed by atoms with van der Waals surface area (Å²) in [6.45, 7) is 5.39. The van der Waals surface area contributed by atoms with Crippen molar-refractivity contribution < 1.29 is 4.79 Å². The van der Waals surface area contributed by atoms with Gasteiger partial charge in [0.1, 0.15) is 0 Å². The van der Waals surface area contributed by atoms with Gasteiger partial charge in [-0.3, -0.25) is 14.2 Å². The van der Waals surface area contributed by atoms with E-state index < -0.39 is 0 Å². The smallest absolute Gasteiger partial charge is 0.254 e. The minimum atomic E-state index is 0.0963. The molecule has 140 valence electrons. The summed E-state index contributed by atoms with van der Waals surface area (Å²) in [5, 5.41) is 8.72. The molecule has 0 N–H and O–H groups in total. The van der Waals surface area contributed by atoms with Gasteiger partial charge in [0, 0.05) is 42.7 Å². The molecule has 0 bridgehead atoms. The summed E-state index contributed by atoms with van der Waals surface area (Å²) in [6, 6.07) is 10.3. The Bertz CT molecular complexity index is 949. The van der Waals surface area contributed by atoms with Crippen molar-refractivity contribution in [3.05, 3.63) is 70.8 Å². The lowest BCUT2D eigenvalue weighted by atomic mass is 10.1. The van der Waals surface area contributed by atoms with Gasteiger partial charge in [-0.05, 0) is 50.5 Å². The number of rotatable bonds is 6. The second-order valence-corrected chi connectivity index (χ2v) is 7.47. The van der Waals surface area contributed by atoms with Crippen molar-refractivity contribution in [2.24, 2.45) is 7.05 Å². The third kappa shape index (κ3) is 3.94. The maximum Gasteiger partial charge on any atom is 0.254 e. The van der Waals surface area contributed by atoms with Gasteiger partial charge >= 0.3 is 0 Å². The summed E-state index contributed by atoms with van der Waals surface area (Å²) in [5.74, 6) is 0.0963. The number of aromatic nitrogens is 4. The van der Waals surface area contributed by atoms with Crippen LogP contribution in [0.15, 0.2) is 42.7 Å². The lowest BCUT2D eigenvalue weighted by Gasteiger charge is -2.22. The van der Waals surface area contributed by atoms with Gasteiger partial charge in [-0.1, -0.05) is 12.1 Å². The van der Waals surface area contributed by atoms with Crippen LogP contribution in [0, 0.1) is 13.8 Å². The topological polar surface area (TPSA) is 56.0 Å². The van der Waals surface area contributed by atoms with Crippen molar-refractivity contribution in [3.63, 3.8) is 0 Å². The van der Waals surface area contributed by atoms with E-state index in [0.29, 0.717) is 12.6 Å². The van der Waals surface area contributed by atoms with Crippen molar-refractivity contribution in [3.8, 4) is 0 Å². The molecule has 0 radical (unpaired) electrons. The van der Waals surface area contributed by atoms with E-state index in [1.54, 1.807) is 4.68 Å². The Hall–Kier alpha value is -2.89. The minimum Gasteiger partial charge on any atom is -0.331 e. The molecule has 0 unspecified atom stereocenters. The molecule has 0 atom stereocenters. The van der Waals surface area contributed by atoms with Crippen molar-refractivity contribution in [1.82, 2.24) is 24.5 Å². The number of carbonyl (C=O) groups is 1. The fourth-order valence-corrected chi connectivity index (χ4v) is 3.43. The molecular formula is C21H25N5O. The molecule has 1 amide bonds. The quantitative estimate of drug-likeness (QED) is 0.676. The van der Waals surface area contributed by atoms with E-state index in [9.17, 15) is 4.79 Å². The van der Waals surface area contributed by atoms with E-state index in [0.717, 1.165) is 47.5 Å². The highest BCUT2D eigenvalue weighted by molar-refractivity contribution is 5.94. The molecule has 27 heavy (non-hydrogen) atoms. The van der Waals surface area contributed by atoms with E-state index in [-0.39, 0.29) is 5.91 Å². The molecule has 0 spiro atoms. The van der Waals surface area contributed by atoms with Crippen molar-refractivity contribution in [2.75, 3.05) is 0 Å². The molecule has 1 aromatic carbocycles. The average Bonchev–Trinajstić information content (AvgIpc) is 3.33. The zero-order valence-corrected chi connectivity index (χ0v) is 16.1. The Balaban J connectivity index is 1.48. The minimum absolute atomic E-state index is 0.0963. The zero-order chi connectivity index (χ0) is 19.0. The summed E-state index contributed by atoms with van der Waals surface area (Å²) in [7, 11) is 1.90. The number of carbonyl (C=O) groups excluding carboxylic acids is 1. The summed E-state index contributed by atoms with van der Waals surface area (Å²) >= 11 is 0. The first-order valence-electron chi connectivity index (χ1n) is 9.38. The number of amides is 1. The van der Waals surface area contributed by atoms with Gasteiger partial charge in [-0.2, -0.15) is 10.2 Å². The Morgan fingerprint density at radius 3 is 2.48 bits per heavy atom. The van der Waals surface area contributed by atoms with Crippen LogP contribution in [-0.4, -0.2) is 36.4 Å². The van der Waals surface area contributed by atoms with E-state index in [4.69, 9.17) is 0 Å². The predicted molar refractivity (Wildman–Crippen MR) is 103 cm³/mol. The Labute approximate surface area is 159 Å². The van der Waals surface area contributed by atoms with Gasteiger partial charge < -0.3 is 4.90 Å². The maximum absolute atomic E-state index is 13.0. The molecule has 0 aliphatic heterocycles. The predicted octanol–water partition coefficient (Wildman–Crippen LogP) is 3.09. The maximum atomic E-state index is 13.0. The normalized spacial score (nSPS) is 13.7. The van der Waals surface area contributed by atoms with Gasteiger partial charge in [-0.25, -0.2) is 0 Å². The molecule has 1 aliphatic rings. The molecule has 1 fully saturated rings. The third-order valence-corrected chi connectivity index (χ3v) is 5.00. The number of benzene rings is 1. The van der Waals surface area contributed by atoms with Gasteiger partial charge in [-0.15, -0.1) is 0 Å². The molecule has 3 aromatic rings. The summed E-state index contributed by atoms with van der Waals surface area (Å²) in [6.07, 6.45) is 5.98. The van der Waals surface area contributed by atoms with E-state index in [1.165, 1.54) is 0 Å². The van der Waals surface area contributed by atoms with Crippen LogP contribution in [0.3, 0.4) is 0 Å². The number of hydrogen-bond donors (Lipinski definition) is 0. The monoisotopic (exact) mass is 363 g/mol. The molecule has 6 heteroatoms. The second kappa shape index (κ2) is 7.02. The first kappa shape index (κ1) is 17.5. The zero-order valence-electron chi connectivity index (χ0n) is 16.1. The molecule has 2 aromatic heterocycles. The summed E-state index contributed by atoms with van der Waals surface area (Å²) < 4.78 is 3.77. The van der Waals surface area contributed by atoms with E-state index in [2.05, 4.69) is 23.2 Å². The highest BCUT2D eigenvalue weighted by atomic mass is 16.2. The van der Waals surface area contributed by atoms with Crippen LogP contribution in [-0.2, 0) is 20.1 Å². The van der Waals surface area contributed by atoms with Gasteiger partial charge in [0.15, 0.2) is 0 Å². The molecule has 4 rings (SSSR count). The van der Waals surface area contributed by atoms with Crippen LogP contribution in [0.1, 0.15) is 45.7 Å². The first-order valence-corrected chi connectivity index (χ1v) is 9.38. The van der Waals surface area contributed by atoms with E-state index in [1.807, 2.05) is 60.2 Å². The summed E-state index contributed by atoms with van der Waals surface area (Å²) in [4.78, 5) is 15.0. The van der Waals surface area contributed by atoms with Crippen LogP contribution in [0.25, 0.3) is 0 Å². The molecular weight excluding hydrogens is 338 g/mol. The van der Waals surface area contributed by atoms with Crippen LogP contribution >= 0.6 is 0 Å². The number of aryl methyl sites for hydroxylation is 3. The third-order valence-electron chi connectivity index (χ3n) is 5.00. The van der Waals surface area contributed by atoms with Crippen molar-refractivity contribution in [2.45, 2.75) is 45.8 Å². The fourth-order valence-electron chi connectivity index (χ4n) is 3.43. The highest BCUT2D eigenvalue weighted by Gasteiger charge is 2.33. The van der Waals surface area contributed by atoms with E-state index >= 15 is 0 Å². The summed E-state index contributed by atoms with van der Waals surface area (Å²) in [5.41, 5.74) is 5.11. The van der Waals surface area contributed by atoms with Crippen LogP contribution in [0.5, 0.6) is 0 Å². The Morgan fingerprint density at radius 2 is 1.93 bits per heavy atom. The van der Waals surface area contributed by atoms with Gasteiger partial charge in [0.2, 0.25) is 0 Å². The molecule has 0 saturated heterocycles. The van der Waals surface area contributed by atoms with Crippen LogP contribution in [0.4, 0.5) is 0 Å². The lowest BCUT2D eigenvalue weighted by Crippen LogP contribution is -2.32. The highest BCUT2D eigenvalue weighted by Crippen LogP contribution is 2.30. The van der Waals surface area contributed by atoms with Crippen LogP contribution < -0.4 is 0 Å². The molecule has 1 saturated carbocycles. The lowest BCUT2D eigenvalue weighted by molar-refractivity contribution is 0.0730. The Morgan fingerprint density at radius 1 is 1.19 bits per heavy atom. The largest absolute Gasteiger partial charge is 0.331 e. The molecule has 1 aliphatic carbocycles.